The minimum absolute atomic E-state index is 0.0756. The van der Waals surface area contributed by atoms with Gasteiger partial charge in [-0.2, -0.15) is 4.98 Å². The lowest BCUT2D eigenvalue weighted by Gasteiger charge is -1.99. The first-order chi connectivity index (χ1) is 9.83. The second-order valence-corrected chi connectivity index (χ2v) is 4.73. The van der Waals surface area contributed by atoms with Crippen molar-refractivity contribution in [3.63, 3.8) is 0 Å². The lowest BCUT2D eigenvalue weighted by molar-refractivity contribution is 0.0423. The van der Waals surface area contributed by atoms with Gasteiger partial charge in [-0.3, -0.25) is 0 Å². The molecule has 0 amide bonds. The van der Waals surface area contributed by atoms with Crippen LogP contribution in [0.3, 0.4) is 0 Å². The van der Waals surface area contributed by atoms with E-state index in [-0.39, 0.29) is 18.2 Å². The molecule has 0 unspecified atom stereocenters. The predicted octanol–water partition coefficient (Wildman–Crippen LogP) is 2.55. The maximum Gasteiger partial charge on any atom is 0.357 e. The van der Waals surface area contributed by atoms with Crippen LogP contribution < -0.4 is 0 Å². The molecule has 0 aromatic carbocycles. The third-order valence-corrected chi connectivity index (χ3v) is 3.28. The van der Waals surface area contributed by atoms with Gasteiger partial charge in [0, 0.05) is 6.20 Å². The third kappa shape index (κ3) is 2.72. The van der Waals surface area contributed by atoms with Crippen LogP contribution in [-0.2, 0) is 11.3 Å². The quantitative estimate of drug-likeness (QED) is 0.686. The fourth-order valence-electron chi connectivity index (χ4n) is 1.50. The molecule has 20 heavy (non-hydrogen) atoms. The molecule has 0 radical (unpaired) electrons. The van der Waals surface area contributed by atoms with Crippen LogP contribution in [-0.4, -0.2) is 21.1 Å². The molecule has 0 fully saturated rings. The van der Waals surface area contributed by atoms with Crippen LogP contribution in [0.5, 0.6) is 0 Å². The van der Waals surface area contributed by atoms with Gasteiger partial charge in [-0.1, -0.05) is 17.3 Å². The highest BCUT2D eigenvalue weighted by Crippen LogP contribution is 2.21. The molecule has 0 spiro atoms. The summed E-state index contributed by atoms with van der Waals surface area (Å²) in [4.78, 5) is 20.6. The predicted molar refractivity (Wildman–Crippen MR) is 71.0 cm³/mol. The van der Waals surface area contributed by atoms with E-state index in [4.69, 9.17) is 9.26 Å². The Labute approximate surface area is 118 Å². The molecule has 0 atom stereocenters. The number of ether oxygens (including phenoxy) is 1. The summed E-state index contributed by atoms with van der Waals surface area (Å²) in [5.41, 5.74) is 0.241. The maximum atomic E-state index is 11.7. The highest BCUT2D eigenvalue weighted by atomic mass is 32.1. The lowest BCUT2D eigenvalue weighted by Crippen LogP contribution is -2.07. The van der Waals surface area contributed by atoms with Crippen molar-refractivity contribution in [2.24, 2.45) is 0 Å². The number of nitrogens with zero attached hydrogens (tertiary/aromatic N) is 3. The molecule has 0 aliphatic carbocycles. The number of thiophene rings is 1. The molecule has 0 bridgehead atoms. The van der Waals surface area contributed by atoms with Crippen molar-refractivity contribution in [2.75, 3.05) is 0 Å². The highest BCUT2D eigenvalue weighted by molar-refractivity contribution is 7.13. The number of hydrogen-bond acceptors (Lipinski definition) is 7. The molecular weight excluding hydrogens is 278 g/mol. The van der Waals surface area contributed by atoms with Gasteiger partial charge in [0.05, 0.1) is 4.88 Å². The van der Waals surface area contributed by atoms with Crippen molar-refractivity contribution in [3.8, 4) is 10.7 Å². The van der Waals surface area contributed by atoms with Gasteiger partial charge in [0.1, 0.15) is 5.69 Å². The number of rotatable bonds is 4. The van der Waals surface area contributed by atoms with Crippen molar-refractivity contribution in [1.29, 1.82) is 0 Å². The Morgan fingerprint density at radius 3 is 3.00 bits per heavy atom. The number of carbonyl (C=O) groups excluding carboxylic acids is 1. The van der Waals surface area contributed by atoms with Gasteiger partial charge in [0.2, 0.25) is 5.82 Å². The van der Waals surface area contributed by atoms with Crippen molar-refractivity contribution in [2.45, 2.75) is 6.61 Å². The summed E-state index contributed by atoms with van der Waals surface area (Å²) in [6.45, 7) is -0.0756. The van der Waals surface area contributed by atoms with E-state index in [0.29, 0.717) is 5.82 Å². The van der Waals surface area contributed by atoms with Gasteiger partial charge in [-0.05, 0) is 23.6 Å². The summed E-state index contributed by atoms with van der Waals surface area (Å²) in [5.74, 6) is 0.211. The number of pyridine rings is 1. The molecule has 7 heteroatoms. The van der Waals surface area contributed by atoms with E-state index in [1.54, 1.807) is 18.2 Å². The fraction of sp³-hybridized carbons (Fsp3) is 0.0769. The summed E-state index contributed by atoms with van der Waals surface area (Å²) >= 11 is 1.51. The van der Waals surface area contributed by atoms with Gasteiger partial charge < -0.3 is 9.26 Å². The zero-order valence-corrected chi connectivity index (χ0v) is 11.0. The molecule has 3 aromatic heterocycles. The minimum atomic E-state index is -0.526. The van der Waals surface area contributed by atoms with Gasteiger partial charge in [-0.15, -0.1) is 11.3 Å². The average molecular weight is 287 g/mol. The van der Waals surface area contributed by atoms with Crippen LogP contribution in [0.4, 0.5) is 0 Å². The number of aromatic nitrogens is 3. The minimum Gasteiger partial charge on any atom is -0.451 e. The van der Waals surface area contributed by atoms with Gasteiger partial charge in [0.25, 0.3) is 5.89 Å². The van der Waals surface area contributed by atoms with E-state index < -0.39 is 5.97 Å². The lowest BCUT2D eigenvalue weighted by atomic mass is 10.3. The standard InChI is InChI=1S/C13H9N3O3S/c17-13(9-4-1-2-6-14-9)18-8-11-15-12(16-19-11)10-5-3-7-20-10/h1-7H,8H2. The Morgan fingerprint density at radius 1 is 1.30 bits per heavy atom. The molecule has 0 saturated heterocycles. The first-order valence-electron chi connectivity index (χ1n) is 5.77. The molecule has 3 rings (SSSR count). The summed E-state index contributed by atoms with van der Waals surface area (Å²) < 4.78 is 10.1. The molecule has 0 N–H and O–H groups in total. The van der Waals surface area contributed by atoms with E-state index in [1.807, 2.05) is 17.5 Å². The Balaban J connectivity index is 1.63. The van der Waals surface area contributed by atoms with E-state index in [0.717, 1.165) is 4.88 Å². The molecule has 0 aliphatic heterocycles. The molecule has 100 valence electrons. The van der Waals surface area contributed by atoms with Crippen LogP contribution in [0.2, 0.25) is 0 Å². The summed E-state index contributed by atoms with van der Waals surface area (Å²) in [6, 6.07) is 8.80. The maximum absolute atomic E-state index is 11.7. The van der Waals surface area contributed by atoms with Gasteiger partial charge in [-0.25, -0.2) is 9.78 Å². The monoisotopic (exact) mass is 287 g/mol. The topological polar surface area (TPSA) is 78.1 Å². The first-order valence-corrected chi connectivity index (χ1v) is 6.65. The van der Waals surface area contributed by atoms with Crippen LogP contribution in [0.1, 0.15) is 16.4 Å². The Bertz CT molecular complexity index is 695. The van der Waals surface area contributed by atoms with Crippen LogP contribution in [0.15, 0.2) is 46.4 Å². The van der Waals surface area contributed by atoms with Crippen LogP contribution >= 0.6 is 11.3 Å². The molecular formula is C13H9N3O3S. The first kappa shape index (κ1) is 12.5. The number of hydrogen-bond donors (Lipinski definition) is 0. The van der Waals surface area contributed by atoms with Gasteiger partial charge in [0.15, 0.2) is 6.61 Å². The molecule has 3 aromatic rings. The second-order valence-electron chi connectivity index (χ2n) is 3.78. The summed E-state index contributed by atoms with van der Waals surface area (Å²) in [5, 5.41) is 5.75. The highest BCUT2D eigenvalue weighted by Gasteiger charge is 2.13. The van der Waals surface area contributed by atoms with E-state index >= 15 is 0 Å². The fourth-order valence-corrected chi connectivity index (χ4v) is 2.15. The molecule has 0 saturated carbocycles. The zero-order chi connectivity index (χ0) is 13.8. The Kier molecular flexibility index (Phi) is 3.51. The van der Waals surface area contributed by atoms with Crippen LogP contribution in [0.25, 0.3) is 10.7 Å². The normalized spacial score (nSPS) is 10.4. The smallest absolute Gasteiger partial charge is 0.357 e. The summed E-state index contributed by atoms with van der Waals surface area (Å²) in [7, 11) is 0. The second kappa shape index (κ2) is 5.62. The number of esters is 1. The Hall–Kier alpha value is -2.54. The number of carbonyl (C=O) groups is 1. The van der Waals surface area contributed by atoms with Crippen LogP contribution in [0, 0.1) is 0 Å². The SMILES string of the molecule is O=C(OCc1nc(-c2cccs2)no1)c1ccccn1. The Morgan fingerprint density at radius 2 is 2.25 bits per heavy atom. The summed E-state index contributed by atoms with van der Waals surface area (Å²) in [6.07, 6.45) is 1.53. The van der Waals surface area contributed by atoms with Crippen molar-refractivity contribution < 1.29 is 14.1 Å². The molecule has 0 aliphatic rings. The van der Waals surface area contributed by atoms with E-state index in [9.17, 15) is 4.79 Å². The van der Waals surface area contributed by atoms with Crippen molar-refractivity contribution in [3.05, 3.63) is 53.5 Å². The van der Waals surface area contributed by atoms with Crippen molar-refractivity contribution in [1.82, 2.24) is 15.1 Å². The van der Waals surface area contributed by atoms with E-state index in [2.05, 4.69) is 15.1 Å². The third-order valence-electron chi connectivity index (χ3n) is 2.41. The molecule has 3 heterocycles. The molecule has 6 nitrogen and oxygen atoms in total. The largest absolute Gasteiger partial charge is 0.451 e. The zero-order valence-electron chi connectivity index (χ0n) is 10.2. The van der Waals surface area contributed by atoms with E-state index in [1.165, 1.54) is 17.5 Å². The van der Waals surface area contributed by atoms with Gasteiger partial charge >= 0.3 is 5.97 Å². The average Bonchev–Trinajstić information content (AvgIpc) is 3.16. The van der Waals surface area contributed by atoms with Crippen molar-refractivity contribution >= 4 is 17.3 Å².